The largest absolute Gasteiger partial charge is 0.481 e. The standard InChI is InChI=1S/C36H34ClF2N6O3.Mo/c1-19-23(6-5-9-26(19)42-34-31-21(17-29(43-34)33(38)39)18-40-45(2)36(31)46)24-7-4-8-25(32(24)37)28-16-20-10-11-27(30(20)35(44-28)47-3)41-22-12-14-48-15-13-22;/h4-9,12,16-18,22,27,33,41H,10-11,13-15H2,1-3H3,(H,42,43);/q-1;. The first-order valence-corrected chi connectivity index (χ1v) is 16.2. The van der Waals surface area contributed by atoms with Gasteiger partial charge in [-0.1, -0.05) is 48.5 Å². The van der Waals surface area contributed by atoms with Gasteiger partial charge in [0.1, 0.15) is 11.5 Å². The monoisotopic (exact) mass is 769 g/mol. The predicted molar refractivity (Wildman–Crippen MR) is 182 cm³/mol. The van der Waals surface area contributed by atoms with Crippen molar-refractivity contribution in [2.24, 2.45) is 7.05 Å². The van der Waals surface area contributed by atoms with Gasteiger partial charge in [-0.25, -0.2) is 23.4 Å². The fourth-order valence-electron chi connectivity index (χ4n) is 6.68. The van der Waals surface area contributed by atoms with Crippen molar-refractivity contribution in [2.75, 3.05) is 25.6 Å². The van der Waals surface area contributed by atoms with E-state index in [4.69, 9.17) is 26.1 Å². The molecule has 9 nitrogen and oxygen atoms in total. The molecular formula is C36H34ClF2MoN6O3-. The molecule has 2 aliphatic rings. The minimum absolute atomic E-state index is 0. The number of nitrogens with zero attached hydrogens (tertiary/aromatic N) is 4. The normalized spacial score (nSPS) is 17.2. The first-order chi connectivity index (χ1) is 23.2. The number of nitrogens with one attached hydrogen (secondary N) is 2. The number of methoxy groups -OCH3 is 1. The summed E-state index contributed by atoms with van der Waals surface area (Å²) < 4.78 is 40.0. The van der Waals surface area contributed by atoms with Gasteiger partial charge in [-0.15, -0.1) is 6.04 Å². The third-order valence-electron chi connectivity index (χ3n) is 9.16. The average molecular weight is 768 g/mol. The van der Waals surface area contributed by atoms with Gasteiger partial charge in [0.25, 0.3) is 12.0 Å². The summed E-state index contributed by atoms with van der Waals surface area (Å²) in [7, 11) is 3.14. The molecule has 1 aliphatic heterocycles. The van der Waals surface area contributed by atoms with Crippen LogP contribution in [0.1, 0.15) is 47.7 Å². The van der Waals surface area contributed by atoms with E-state index in [9.17, 15) is 13.6 Å². The smallest absolute Gasteiger partial charge is 0.280 e. The summed E-state index contributed by atoms with van der Waals surface area (Å²) in [4.78, 5) is 22.1. The Hall–Kier alpha value is -3.76. The molecule has 5 aromatic rings. The number of aryl methyl sites for hydroxylation is 2. The van der Waals surface area contributed by atoms with Crippen LogP contribution in [0.3, 0.4) is 0 Å². The van der Waals surface area contributed by atoms with Gasteiger partial charge in [0.05, 0.1) is 29.4 Å². The Labute approximate surface area is 301 Å². The Morgan fingerprint density at radius 2 is 1.88 bits per heavy atom. The van der Waals surface area contributed by atoms with Crippen LogP contribution in [0.4, 0.5) is 20.3 Å². The molecule has 2 N–H and O–H groups in total. The number of anilines is 2. The molecule has 2 unspecified atom stereocenters. The maximum Gasteiger partial charge on any atom is 0.280 e. The molecule has 0 saturated carbocycles. The summed E-state index contributed by atoms with van der Waals surface area (Å²) in [5.41, 5.74) is 5.81. The van der Waals surface area contributed by atoms with Gasteiger partial charge < -0.3 is 20.1 Å². The van der Waals surface area contributed by atoms with Crippen molar-refractivity contribution >= 4 is 33.9 Å². The van der Waals surface area contributed by atoms with Crippen LogP contribution in [0.2, 0.25) is 5.02 Å². The molecule has 0 radical (unpaired) electrons. The number of alkyl halides is 2. The zero-order valence-corrected chi connectivity index (χ0v) is 29.9. The van der Waals surface area contributed by atoms with Crippen molar-refractivity contribution in [1.29, 1.82) is 0 Å². The molecule has 1 saturated heterocycles. The Morgan fingerprint density at radius 3 is 2.63 bits per heavy atom. The molecule has 0 spiro atoms. The molecule has 1 fully saturated rings. The van der Waals surface area contributed by atoms with Gasteiger partial charge in [0, 0.05) is 68.5 Å². The molecule has 7 rings (SSSR count). The van der Waals surface area contributed by atoms with E-state index in [0.29, 0.717) is 28.9 Å². The molecule has 1 aliphatic carbocycles. The van der Waals surface area contributed by atoms with Crippen molar-refractivity contribution in [2.45, 2.75) is 44.7 Å². The maximum atomic E-state index is 13.8. The van der Waals surface area contributed by atoms with Crippen LogP contribution in [-0.4, -0.2) is 46.1 Å². The van der Waals surface area contributed by atoms with E-state index in [1.54, 1.807) is 13.2 Å². The zero-order chi connectivity index (χ0) is 33.5. The van der Waals surface area contributed by atoms with Crippen molar-refractivity contribution in [3.05, 3.63) is 98.9 Å². The number of benzene rings is 2. The molecule has 2 atom stereocenters. The molecule has 13 heteroatoms. The maximum absolute atomic E-state index is 13.8. The molecule has 0 bridgehead atoms. The van der Waals surface area contributed by atoms with E-state index >= 15 is 0 Å². The number of ether oxygens (including phenoxy) is 2. The number of fused-ring (bicyclic) bond motifs is 2. The van der Waals surface area contributed by atoms with Gasteiger partial charge in [-0.3, -0.25) is 11.2 Å². The van der Waals surface area contributed by atoms with Gasteiger partial charge >= 0.3 is 0 Å². The molecule has 0 amide bonds. The Morgan fingerprint density at radius 1 is 1.10 bits per heavy atom. The van der Waals surface area contributed by atoms with Crippen LogP contribution in [-0.2, 0) is 39.3 Å². The third-order valence-corrected chi connectivity index (χ3v) is 9.57. The molecule has 3 aromatic heterocycles. The molecule has 4 heterocycles. The summed E-state index contributed by atoms with van der Waals surface area (Å²) in [5.74, 6) is 0.614. The number of hydrogen-bond acceptors (Lipinski definition) is 8. The topological polar surface area (TPSA) is 103 Å². The number of rotatable bonds is 8. The summed E-state index contributed by atoms with van der Waals surface area (Å²) in [5, 5.41) is 11.9. The number of pyridine rings is 2. The second-order valence-electron chi connectivity index (χ2n) is 12.1. The second-order valence-corrected chi connectivity index (χ2v) is 12.4. The summed E-state index contributed by atoms with van der Waals surface area (Å²) in [6, 6.07) is 15.1. The third kappa shape index (κ3) is 6.74. The van der Waals surface area contributed by atoms with E-state index in [0.717, 1.165) is 58.4 Å². The van der Waals surface area contributed by atoms with Crippen LogP contribution in [0.5, 0.6) is 5.88 Å². The Balaban J connectivity index is 0.00000417. The van der Waals surface area contributed by atoms with Crippen molar-refractivity contribution in [3.63, 3.8) is 0 Å². The summed E-state index contributed by atoms with van der Waals surface area (Å²) >= 11 is 7.16. The van der Waals surface area contributed by atoms with Crippen LogP contribution in [0.25, 0.3) is 33.2 Å². The van der Waals surface area contributed by atoms with E-state index in [1.807, 2.05) is 37.3 Å². The fraction of sp³-hybridized carbons (Fsp3) is 0.306. The molecule has 49 heavy (non-hydrogen) atoms. The van der Waals surface area contributed by atoms with Gasteiger partial charge in [-0.2, -0.15) is 5.10 Å². The van der Waals surface area contributed by atoms with E-state index < -0.39 is 17.7 Å². The van der Waals surface area contributed by atoms with E-state index in [2.05, 4.69) is 33.2 Å². The SMILES string of the molecule is COc1nc(-c2cccc(-c3cccc(Nc4nc(C(F)F)cc5cnn(C)c(=O)c45)c3C)c2Cl)cc2c1C(NC1[CH-]COCC1)CC2.[Mo]. The van der Waals surface area contributed by atoms with E-state index in [1.165, 1.54) is 24.9 Å². The first-order valence-electron chi connectivity index (χ1n) is 15.8. The summed E-state index contributed by atoms with van der Waals surface area (Å²) in [6.45, 7) is 3.29. The molecule has 254 valence electrons. The number of halogens is 3. The van der Waals surface area contributed by atoms with Gasteiger partial charge in [0.15, 0.2) is 0 Å². The minimum Gasteiger partial charge on any atom is -0.481 e. The molecule has 2 aromatic carbocycles. The zero-order valence-electron chi connectivity index (χ0n) is 27.1. The van der Waals surface area contributed by atoms with Gasteiger partial charge in [-0.05, 0) is 61.1 Å². The van der Waals surface area contributed by atoms with Crippen molar-refractivity contribution in [1.82, 2.24) is 25.1 Å². The van der Waals surface area contributed by atoms with Crippen LogP contribution in [0, 0.1) is 13.3 Å². The first kappa shape index (κ1) is 35.1. The summed E-state index contributed by atoms with van der Waals surface area (Å²) in [6.07, 6.45) is 3.50. The van der Waals surface area contributed by atoms with Crippen molar-refractivity contribution < 1.29 is 39.3 Å². The average Bonchev–Trinajstić information content (AvgIpc) is 3.49. The fourth-order valence-corrected chi connectivity index (χ4v) is 7.00. The van der Waals surface area contributed by atoms with E-state index in [-0.39, 0.29) is 49.7 Å². The Kier molecular flexibility index (Phi) is 10.5. The quantitative estimate of drug-likeness (QED) is 0.126. The van der Waals surface area contributed by atoms with Crippen LogP contribution >= 0.6 is 11.6 Å². The number of hydrogen-bond donors (Lipinski definition) is 2. The van der Waals surface area contributed by atoms with Crippen LogP contribution in [0.15, 0.2) is 59.5 Å². The minimum atomic E-state index is -2.83. The number of aromatic nitrogens is 4. The van der Waals surface area contributed by atoms with Crippen molar-refractivity contribution in [3.8, 4) is 28.3 Å². The predicted octanol–water partition coefficient (Wildman–Crippen LogP) is 7.28. The molecular weight excluding hydrogens is 734 g/mol. The second kappa shape index (κ2) is 14.6. The van der Waals surface area contributed by atoms with Crippen LogP contribution < -0.4 is 20.9 Å². The van der Waals surface area contributed by atoms with Gasteiger partial charge in [0.2, 0.25) is 5.88 Å². The Bertz CT molecular complexity index is 2090.